The maximum Gasteiger partial charge on any atom is 0.263 e. The number of nitrogens with zero attached hydrogens (tertiary/aromatic N) is 1. The van der Waals surface area contributed by atoms with Gasteiger partial charge < -0.3 is 5.11 Å². The molecule has 0 saturated heterocycles. The van der Waals surface area contributed by atoms with Crippen LogP contribution >= 0.6 is 0 Å². The van der Waals surface area contributed by atoms with Gasteiger partial charge in [0.1, 0.15) is 10.6 Å². The third kappa shape index (κ3) is 2.73. The second-order valence-corrected chi connectivity index (χ2v) is 5.03. The molecule has 0 bridgehead atoms. The predicted octanol–water partition coefficient (Wildman–Crippen LogP) is 1.59. The van der Waals surface area contributed by atoms with Gasteiger partial charge in [-0.25, -0.2) is 8.42 Å². The van der Waals surface area contributed by atoms with Crippen molar-refractivity contribution in [2.24, 2.45) is 0 Å². The summed E-state index contributed by atoms with van der Waals surface area (Å²) in [5.74, 6) is -0.00335. The number of aromatic nitrogens is 1. The van der Waals surface area contributed by atoms with Crippen molar-refractivity contribution in [3.63, 3.8) is 0 Å². The number of anilines is 1. The van der Waals surface area contributed by atoms with Crippen LogP contribution in [0.25, 0.3) is 0 Å². The fourth-order valence-electron chi connectivity index (χ4n) is 1.29. The number of phenolic OH excluding ortho intramolecular Hbond substituents is 1. The monoisotopic (exact) mass is 250 g/mol. The van der Waals surface area contributed by atoms with E-state index in [2.05, 4.69) is 9.71 Å². The number of benzene rings is 1. The Bertz CT molecular complexity index is 612. The Kier molecular flexibility index (Phi) is 2.97. The van der Waals surface area contributed by atoms with Crippen LogP contribution in [0.1, 0.15) is 0 Å². The lowest BCUT2D eigenvalue weighted by atomic mass is 10.3. The average Bonchev–Trinajstić information content (AvgIpc) is 2.29. The van der Waals surface area contributed by atoms with Crippen molar-refractivity contribution in [3.8, 4) is 5.75 Å². The second kappa shape index (κ2) is 4.42. The molecule has 2 N–H and O–H groups in total. The topological polar surface area (TPSA) is 79.3 Å². The zero-order valence-corrected chi connectivity index (χ0v) is 9.55. The fraction of sp³-hybridized carbons (Fsp3) is 0. The Morgan fingerprint density at radius 1 is 1.18 bits per heavy atom. The minimum Gasteiger partial charge on any atom is -0.508 e. The van der Waals surface area contributed by atoms with Crippen LogP contribution in [0, 0.1) is 0 Å². The van der Waals surface area contributed by atoms with Gasteiger partial charge in [0.15, 0.2) is 0 Å². The summed E-state index contributed by atoms with van der Waals surface area (Å²) in [5, 5.41) is 9.23. The molecule has 0 fully saturated rings. The molecule has 1 aromatic heterocycles. The highest BCUT2D eigenvalue weighted by Gasteiger charge is 2.13. The number of hydrogen-bond acceptors (Lipinski definition) is 4. The van der Waals surface area contributed by atoms with Crippen molar-refractivity contribution in [1.29, 1.82) is 0 Å². The first-order valence-corrected chi connectivity index (χ1v) is 6.28. The molecule has 1 aromatic carbocycles. The van der Waals surface area contributed by atoms with Crippen molar-refractivity contribution in [2.45, 2.75) is 4.90 Å². The maximum absolute atomic E-state index is 11.9. The molecular weight excluding hydrogens is 240 g/mol. The molecule has 17 heavy (non-hydrogen) atoms. The quantitative estimate of drug-likeness (QED) is 0.867. The Morgan fingerprint density at radius 3 is 2.65 bits per heavy atom. The molecule has 1 heterocycles. The van der Waals surface area contributed by atoms with E-state index in [1.807, 2.05) is 0 Å². The average molecular weight is 250 g/mol. The van der Waals surface area contributed by atoms with Crippen LogP contribution in [-0.4, -0.2) is 18.5 Å². The third-order valence-corrected chi connectivity index (χ3v) is 3.41. The van der Waals surface area contributed by atoms with Gasteiger partial charge in [0, 0.05) is 18.5 Å². The number of aromatic hydroxyl groups is 1. The van der Waals surface area contributed by atoms with E-state index >= 15 is 0 Å². The van der Waals surface area contributed by atoms with Gasteiger partial charge in [0.2, 0.25) is 0 Å². The number of nitrogens with one attached hydrogen (secondary N) is 1. The van der Waals surface area contributed by atoms with E-state index in [9.17, 15) is 13.5 Å². The van der Waals surface area contributed by atoms with E-state index in [0.717, 1.165) is 0 Å². The lowest BCUT2D eigenvalue weighted by Crippen LogP contribution is -2.12. The molecule has 2 aromatic rings. The van der Waals surface area contributed by atoms with Crippen LogP contribution in [0.15, 0.2) is 53.7 Å². The summed E-state index contributed by atoms with van der Waals surface area (Å²) < 4.78 is 26.1. The Labute approximate surface area is 98.8 Å². The van der Waals surface area contributed by atoms with Crippen LogP contribution in [0.3, 0.4) is 0 Å². The lowest BCUT2D eigenvalue weighted by molar-refractivity contribution is 0.475. The van der Waals surface area contributed by atoms with Crippen LogP contribution < -0.4 is 4.72 Å². The van der Waals surface area contributed by atoms with Crippen molar-refractivity contribution in [2.75, 3.05) is 4.72 Å². The molecule has 0 aliphatic rings. The smallest absolute Gasteiger partial charge is 0.263 e. The summed E-state index contributed by atoms with van der Waals surface area (Å²) in [6.07, 6.45) is 2.75. The number of pyridine rings is 1. The van der Waals surface area contributed by atoms with Gasteiger partial charge >= 0.3 is 0 Å². The van der Waals surface area contributed by atoms with E-state index in [1.54, 1.807) is 12.1 Å². The Hall–Kier alpha value is -2.08. The molecular formula is C11H10N2O3S. The van der Waals surface area contributed by atoms with Crippen molar-refractivity contribution in [1.82, 2.24) is 4.98 Å². The highest BCUT2D eigenvalue weighted by atomic mass is 32.2. The summed E-state index contributed by atoms with van der Waals surface area (Å²) in [4.78, 5) is 3.81. The first kappa shape index (κ1) is 11.4. The van der Waals surface area contributed by atoms with E-state index < -0.39 is 10.0 Å². The van der Waals surface area contributed by atoms with E-state index in [-0.39, 0.29) is 10.6 Å². The van der Waals surface area contributed by atoms with Crippen molar-refractivity contribution < 1.29 is 13.5 Å². The van der Waals surface area contributed by atoms with Gasteiger partial charge in [0.25, 0.3) is 10.0 Å². The zero-order valence-electron chi connectivity index (χ0n) is 8.74. The maximum atomic E-state index is 11.9. The Balaban J connectivity index is 2.30. The minimum atomic E-state index is -3.65. The van der Waals surface area contributed by atoms with E-state index in [4.69, 9.17) is 0 Å². The van der Waals surface area contributed by atoms with E-state index in [1.165, 1.54) is 36.7 Å². The highest BCUT2D eigenvalue weighted by Crippen LogP contribution is 2.19. The van der Waals surface area contributed by atoms with Gasteiger partial charge in [0.05, 0.1) is 5.69 Å². The molecule has 5 nitrogen and oxygen atoms in total. The zero-order chi connectivity index (χ0) is 12.3. The molecule has 0 amide bonds. The molecule has 0 saturated carbocycles. The van der Waals surface area contributed by atoms with Gasteiger partial charge in [-0.1, -0.05) is 6.07 Å². The summed E-state index contributed by atoms with van der Waals surface area (Å²) in [7, 11) is -3.65. The molecule has 0 radical (unpaired) electrons. The van der Waals surface area contributed by atoms with Crippen LogP contribution in [0.2, 0.25) is 0 Å². The summed E-state index contributed by atoms with van der Waals surface area (Å²) in [5.41, 5.74) is 0.300. The summed E-state index contributed by atoms with van der Waals surface area (Å²) in [6.45, 7) is 0. The molecule has 6 heteroatoms. The molecule has 88 valence electrons. The molecule has 0 aliphatic heterocycles. The van der Waals surface area contributed by atoms with Crippen molar-refractivity contribution >= 4 is 15.7 Å². The van der Waals surface area contributed by atoms with Crippen LogP contribution in [0.4, 0.5) is 5.69 Å². The molecule has 0 atom stereocenters. The van der Waals surface area contributed by atoms with Gasteiger partial charge in [-0.05, 0) is 24.3 Å². The first-order chi connectivity index (χ1) is 8.08. The molecule has 0 aliphatic carbocycles. The minimum absolute atomic E-state index is 0.00335. The normalized spacial score (nSPS) is 11.1. The number of hydrogen-bond donors (Lipinski definition) is 2. The molecule has 0 unspecified atom stereocenters. The third-order valence-electron chi connectivity index (χ3n) is 2.04. The standard InChI is InChI=1S/C11H10N2O3S/c14-10-4-1-3-9(7-10)13-17(15,16)11-5-2-6-12-8-11/h1-8,13-14H. The summed E-state index contributed by atoms with van der Waals surface area (Å²) >= 11 is 0. The molecule has 0 spiro atoms. The predicted molar refractivity (Wildman–Crippen MR) is 63.2 cm³/mol. The molecule has 2 rings (SSSR count). The van der Waals surface area contributed by atoms with Crippen molar-refractivity contribution in [3.05, 3.63) is 48.8 Å². The number of rotatable bonds is 3. The van der Waals surface area contributed by atoms with E-state index in [0.29, 0.717) is 5.69 Å². The van der Waals surface area contributed by atoms with Crippen LogP contribution in [0.5, 0.6) is 5.75 Å². The lowest BCUT2D eigenvalue weighted by Gasteiger charge is -2.07. The highest BCUT2D eigenvalue weighted by molar-refractivity contribution is 7.92. The van der Waals surface area contributed by atoms with Gasteiger partial charge in [-0.3, -0.25) is 9.71 Å². The number of phenols is 1. The second-order valence-electron chi connectivity index (χ2n) is 3.34. The van der Waals surface area contributed by atoms with Gasteiger partial charge in [-0.2, -0.15) is 0 Å². The van der Waals surface area contributed by atoms with Gasteiger partial charge in [-0.15, -0.1) is 0 Å². The number of sulfonamides is 1. The Morgan fingerprint density at radius 2 is 2.00 bits per heavy atom. The summed E-state index contributed by atoms with van der Waals surface area (Å²) in [6, 6.07) is 8.87. The fourth-order valence-corrected chi connectivity index (χ4v) is 2.30. The first-order valence-electron chi connectivity index (χ1n) is 4.80. The SMILES string of the molecule is O=S(=O)(Nc1cccc(O)c1)c1cccnc1. The largest absolute Gasteiger partial charge is 0.508 e. The van der Waals surface area contributed by atoms with Crippen LogP contribution in [-0.2, 0) is 10.0 Å².